The highest BCUT2D eigenvalue weighted by atomic mass is 32.2. The minimum Gasteiger partial charge on any atom is -0.377 e. The Morgan fingerprint density at radius 2 is 1.72 bits per heavy atom. The maximum atomic E-state index is 13.4. The molecular formula is C26H42N4O5S. The highest BCUT2D eigenvalue weighted by Crippen LogP contribution is 2.30. The van der Waals surface area contributed by atoms with Gasteiger partial charge >= 0.3 is 0 Å². The van der Waals surface area contributed by atoms with Gasteiger partial charge in [-0.05, 0) is 52.3 Å². The number of benzene rings is 2. The average molecular weight is 523 g/mol. The van der Waals surface area contributed by atoms with Gasteiger partial charge in [0.1, 0.15) is 6.04 Å². The van der Waals surface area contributed by atoms with Gasteiger partial charge in [-0.1, -0.05) is 30.7 Å². The third-order valence-electron chi connectivity index (χ3n) is 5.50. The van der Waals surface area contributed by atoms with Gasteiger partial charge in [-0.2, -0.15) is 4.72 Å². The molecule has 1 amide bonds. The monoisotopic (exact) mass is 522 g/mol. The average Bonchev–Trinajstić information content (AvgIpc) is 2.81. The van der Waals surface area contributed by atoms with Crippen LogP contribution in [0, 0.1) is 0 Å². The van der Waals surface area contributed by atoms with E-state index < -0.39 is 16.1 Å². The molecule has 0 fully saturated rings. The minimum atomic E-state index is -3.98. The number of fused-ring (bicyclic) bond motifs is 1. The number of nitrogens with one attached hydrogen (secondary N) is 2. The van der Waals surface area contributed by atoms with Crippen LogP contribution >= 0.6 is 0 Å². The summed E-state index contributed by atoms with van der Waals surface area (Å²) in [6.07, 6.45) is 1.66. The fraction of sp³-hybridized carbons (Fsp3) is 0.577. The van der Waals surface area contributed by atoms with E-state index in [2.05, 4.69) is 10.0 Å². The van der Waals surface area contributed by atoms with Gasteiger partial charge in [0.05, 0.1) is 30.3 Å². The molecule has 0 saturated carbocycles. The number of ether oxygens (including phenoxy) is 2. The van der Waals surface area contributed by atoms with Crippen molar-refractivity contribution < 1.29 is 22.7 Å². The first-order valence-corrected chi connectivity index (χ1v) is 13.9. The first-order chi connectivity index (χ1) is 17.0. The standard InChI is InChI=1S/C26H42N4O5S/c1-26(2,3)35-19-18-34-17-16-28-25(31)22(12-6-7-15-27)29-36(32,33)24-14-9-10-20-21(24)11-8-13-23(20)30(4)5/h8-11,13-14,22,29H,6-7,12,15-19,27H2,1-5H3,(H,28,31)/t22-/m0/s1. The van der Waals surface area contributed by atoms with E-state index in [0.29, 0.717) is 51.0 Å². The van der Waals surface area contributed by atoms with Gasteiger partial charge in [0.25, 0.3) is 0 Å². The summed E-state index contributed by atoms with van der Waals surface area (Å²) in [6.45, 7) is 7.83. The van der Waals surface area contributed by atoms with Crippen LogP contribution in [-0.2, 0) is 24.3 Å². The van der Waals surface area contributed by atoms with Crippen molar-refractivity contribution in [2.24, 2.45) is 5.73 Å². The van der Waals surface area contributed by atoms with Crippen LogP contribution < -0.4 is 20.7 Å². The summed E-state index contributed by atoms with van der Waals surface area (Å²) in [5.74, 6) is -0.389. The molecule has 0 aliphatic heterocycles. The van der Waals surface area contributed by atoms with Gasteiger partial charge in [-0.15, -0.1) is 0 Å². The molecule has 0 unspecified atom stereocenters. The lowest BCUT2D eigenvalue weighted by atomic mass is 10.1. The van der Waals surface area contributed by atoms with Crippen molar-refractivity contribution in [1.29, 1.82) is 0 Å². The first kappa shape index (κ1) is 30.0. The van der Waals surface area contributed by atoms with Gasteiger partial charge in [-0.25, -0.2) is 8.42 Å². The third kappa shape index (κ3) is 9.33. The van der Waals surface area contributed by atoms with Crippen molar-refractivity contribution in [2.75, 3.05) is 51.9 Å². The Labute approximate surface area is 215 Å². The van der Waals surface area contributed by atoms with E-state index in [0.717, 1.165) is 11.1 Å². The summed E-state index contributed by atoms with van der Waals surface area (Å²) in [6, 6.07) is 9.79. The zero-order valence-electron chi connectivity index (χ0n) is 22.2. The molecule has 0 saturated heterocycles. The summed E-state index contributed by atoms with van der Waals surface area (Å²) < 4.78 is 40.6. The Morgan fingerprint density at radius 3 is 2.39 bits per heavy atom. The zero-order chi connectivity index (χ0) is 26.8. The Balaban J connectivity index is 2.09. The number of nitrogens with zero attached hydrogens (tertiary/aromatic N) is 1. The minimum absolute atomic E-state index is 0.141. The highest BCUT2D eigenvalue weighted by Gasteiger charge is 2.27. The Bertz CT molecular complexity index is 1080. The van der Waals surface area contributed by atoms with Crippen molar-refractivity contribution in [3.63, 3.8) is 0 Å². The summed E-state index contributed by atoms with van der Waals surface area (Å²) in [7, 11) is -0.156. The molecular weight excluding hydrogens is 480 g/mol. The van der Waals surface area contributed by atoms with Crippen LogP contribution in [0.5, 0.6) is 0 Å². The van der Waals surface area contributed by atoms with Gasteiger partial charge in [0, 0.05) is 37.1 Å². The van der Waals surface area contributed by atoms with E-state index in [9.17, 15) is 13.2 Å². The molecule has 36 heavy (non-hydrogen) atoms. The quantitative estimate of drug-likeness (QED) is 0.307. The molecule has 0 heterocycles. The maximum absolute atomic E-state index is 13.4. The van der Waals surface area contributed by atoms with Crippen LogP contribution in [0.25, 0.3) is 10.8 Å². The van der Waals surface area contributed by atoms with Crippen LogP contribution in [0.15, 0.2) is 41.3 Å². The number of hydrogen-bond donors (Lipinski definition) is 3. The largest absolute Gasteiger partial charge is 0.377 e. The second-order valence-corrected chi connectivity index (χ2v) is 11.5. The van der Waals surface area contributed by atoms with Crippen LogP contribution in [0.1, 0.15) is 40.0 Å². The lowest BCUT2D eigenvalue weighted by molar-refractivity contribution is -0.123. The summed E-state index contributed by atoms with van der Waals surface area (Å²) in [5, 5.41) is 4.20. The number of carbonyl (C=O) groups is 1. The second kappa shape index (κ2) is 13.9. The Hall–Kier alpha value is -2.24. The zero-order valence-corrected chi connectivity index (χ0v) is 23.0. The van der Waals surface area contributed by atoms with Crippen molar-refractivity contribution in [1.82, 2.24) is 10.0 Å². The predicted octanol–water partition coefficient (Wildman–Crippen LogP) is 2.63. The molecule has 0 aliphatic rings. The molecule has 4 N–H and O–H groups in total. The van der Waals surface area contributed by atoms with Crippen LogP contribution in [-0.4, -0.2) is 73.0 Å². The number of unbranched alkanes of at least 4 members (excludes halogenated alkanes) is 1. The van der Waals surface area contributed by atoms with Crippen LogP contribution in [0.4, 0.5) is 5.69 Å². The van der Waals surface area contributed by atoms with Crippen LogP contribution in [0.3, 0.4) is 0 Å². The number of nitrogens with two attached hydrogens (primary N) is 1. The molecule has 0 spiro atoms. The van der Waals surface area contributed by atoms with Gasteiger partial charge in [0.15, 0.2) is 0 Å². The summed E-state index contributed by atoms with van der Waals surface area (Å²) >= 11 is 0. The van der Waals surface area contributed by atoms with E-state index in [1.54, 1.807) is 18.2 Å². The van der Waals surface area contributed by atoms with E-state index in [1.807, 2.05) is 58.0 Å². The highest BCUT2D eigenvalue weighted by molar-refractivity contribution is 7.89. The first-order valence-electron chi connectivity index (χ1n) is 12.4. The van der Waals surface area contributed by atoms with E-state index in [-0.39, 0.29) is 22.9 Å². The van der Waals surface area contributed by atoms with Crippen molar-refractivity contribution >= 4 is 32.4 Å². The fourth-order valence-electron chi connectivity index (χ4n) is 3.75. The third-order valence-corrected chi connectivity index (χ3v) is 7.03. The molecule has 2 aromatic carbocycles. The van der Waals surface area contributed by atoms with Gasteiger partial charge in [-0.3, -0.25) is 4.79 Å². The number of anilines is 1. The van der Waals surface area contributed by atoms with Gasteiger partial charge in [0.2, 0.25) is 15.9 Å². The number of hydrogen-bond acceptors (Lipinski definition) is 7. The summed E-state index contributed by atoms with van der Waals surface area (Å²) in [4.78, 5) is 15.0. The number of rotatable bonds is 15. The molecule has 2 rings (SSSR count). The molecule has 9 nitrogen and oxygen atoms in total. The normalized spacial score (nSPS) is 13.1. The van der Waals surface area contributed by atoms with Crippen molar-refractivity contribution in [3.8, 4) is 0 Å². The number of carbonyl (C=O) groups excluding carboxylic acids is 1. The van der Waals surface area contributed by atoms with Crippen molar-refractivity contribution in [3.05, 3.63) is 36.4 Å². The predicted molar refractivity (Wildman–Crippen MR) is 145 cm³/mol. The van der Waals surface area contributed by atoms with Crippen molar-refractivity contribution in [2.45, 2.75) is 56.6 Å². The molecule has 0 bridgehead atoms. The van der Waals surface area contributed by atoms with E-state index in [4.69, 9.17) is 15.2 Å². The molecule has 1 atom stereocenters. The number of amides is 1. The molecule has 0 radical (unpaired) electrons. The van der Waals surface area contributed by atoms with Crippen LogP contribution in [0.2, 0.25) is 0 Å². The number of sulfonamides is 1. The fourth-order valence-corrected chi connectivity index (χ4v) is 5.21. The Kier molecular flexibility index (Phi) is 11.6. The SMILES string of the molecule is CN(C)c1cccc2c(S(=O)(=O)N[C@@H](CCCCN)C(=O)NCCOCCOC(C)(C)C)cccc12. The molecule has 202 valence electrons. The topological polar surface area (TPSA) is 123 Å². The van der Waals surface area contributed by atoms with E-state index >= 15 is 0 Å². The second-order valence-electron chi connectivity index (χ2n) is 9.85. The Morgan fingerprint density at radius 1 is 1.03 bits per heavy atom. The molecule has 0 aromatic heterocycles. The molecule has 10 heteroatoms. The maximum Gasteiger partial charge on any atom is 0.241 e. The lowest BCUT2D eigenvalue weighted by Crippen LogP contribution is -2.47. The van der Waals surface area contributed by atoms with E-state index in [1.165, 1.54) is 0 Å². The van der Waals surface area contributed by atoms with Gasteiger partial charge < -0.3 is 25.4 Å². The lowest BCUT2D eigenvalue weighted by Gasteiger charge is -2.21. The smallest absolute Gasteiger partial charge is 0.241 e. The molecule has 2 aromatic rings. The molecule has 0 aliphatic carbocycles. The summed E-state index contributed by atoms with van der Waals surface area (Å²) in [5.41, 5.74) is 6.28.